The minimum atomic E-state index is -0.404. The third-order valence-electron chi connectivity index (χ3n) is 2.88. The summed E-state index contributed by atoms with van der Waals surface area (Å²) in [5.74, 6) is 5.43. The van der Waals surface area contributed by atoms with Gasteiger partial charge >= 0.3 is 0 Å². The zero-order valence-electron chi connectivity index (χ0n) is 11.0. The van der Waals surface area contributed by atoms with Crippen molar-refractivity contribution in [3.05, 3.63) is 45.2 Å². The Bertz CT molecular complexity index is 585. The summed E-state index contributed by atoms with van der Waals surface area (Å²) in [6.45, 7) is 3.85. The molecule has 0 aliphatic carbocycles. The first kappa shape index (κ1) is 13.9. The van der Waals surface area contributed by atoms with Crippen LogP contribution >= 0.6 is 11.3 Å². The number of nitrogens with one attached hydrogen (secondary N) is 1. The fraction of sp³-hybridized carbons (Fsp3) is 0.308. The molecule has 19 heavy (non-hydrogen) atoms. The molecule has 0 spiro atoms. The van der Waals surface area contributed by atoms with Gasteiger partial charge in [0.1, 0.15) is 0 Å². The molecule has 1 unspecified atom stereocenters. The Hall–Kier alpha value is -1.50. The van der Waals surface area contributed by atoms with Crippen molar-refractivity contribution >= 4 is 11.3 Å². The Kier molecular flexibility index (Phi) is 4.14. The molecule has 0 saturated carbocycles. The molecule has 0 radical (unpaired) electrons. The molecule has 2 rings (SSSR count). The van der Waals surface area contributed by atoms with Crippen molar-refractivity contribution in [2.24, 2.45) is 5.84 Å². The molecule has 1 aromatic carbocycles. The normalized spacial score (nSPS) is 12.5. The van der Waals surface area contributed by atoms with Gasteiger partial charge in [-0.2, -0.15) is 0 Å². The Morgan fingerprint density at radius 2 is 2.16 bits per heavy atom. The largest absolute Gasteiger partial charge is 0.494 e. The van der Waals surface area contributed by atoms with Crippen LogP contribution in [-0.2, 0) is 0 Å². The minimum absolute atomic E-state index is 0.219. The molecule has 2 aromatic rings. The van der Waals surface area contributed by atoms with E-state index in [0.717, 1.165) is 21.1 Å². The Morgan fingerprint density at radius 3 is 2.63 bits per heavy atom. The number of benzene rings is 1. The molecule has 102 valence electrons. The lowest BCUT2D eigenvalue weighted by atomic mass is 10.0. The average molecular weight is 281 g/mol. The summed E-state index contributed by atoms with van der Waals surface area (Å²) in [5.41, 5.74) is 4.36. The Labute approximate surface area is 115 Å². The van der Waals surface area contributed by atoms with Gasteiger partial charge in [0.25, 0.3) is 0 Å². The summed E-state index contributed by atoms with van der Waals surface area (Å²) in [4.78, 5) is 5.36. The number of nitrogens with two attached hydrogens (primary N) is 1. The van der Waals surface area contributed by atoms with Crippen LogP contribution in [0.4, 0.5) is 4.39 Å². The second-order valence-corrected chi connectivity index (χ2v) is 5.41. The van der Waals surface area contributed by atoms with Crippen molar-refractivity contribution in [2.45, 2.75) is 19.9 Å². The first-order valence-electron chi connectivity index (χ1n) is 5.80. The SMILES string of the molecule is COc1ccc(C(NN)c2sc(C)nc2C)cc1F. The lowest BCUT2D eigenvalue weighted by Crippen LogP contribution is -2.28. The molecule has 0 bridgehead atoms. The highest BCUT2D eigenvalue weighted by atomic mass is 32.1. The lowest BCUT2D eigenvalue weighted by Gasteiger charge is -2.16. The number of hydrogen-bond acceptors (Lipinski definition) is 5. The van der Waals surface area contributed by atoms with Crippen LogP contribution in [0.1, 0.15) is 27.2 Å². The molecular formula is C13H16FN3OS. The summed E-state index contributed by atoms with van der Waals surface area (Å²) in [6, 6.07) is 4.54. The quantitative estimate of drug-likeness (QED) is 0.667. The molecule has 0 aliphatic rings. The van der Waals surface area contributed by atoms with Gasteiger partial charge in [-0.25, -0.2) is 14.8 Å². The molecule has 1 aromatic heterocycles. The van der Waals surface area contributed by atoms with E-state index in [2.05, 4.69) is 10.4 Å². The summed E-state index contributed by atoms with van der Waals surface area (Å²) in [5, 5.41) is 0.960. The van der Waals surface area contributed by atoms with Crippen molar-refractivity contribution in [3.8, 4) is 5.75 Å². The number of ether oxygens (including phenoxy) is 1. The van der Waals surface area contributed by atoms with E-state index in [9.17, 15) is 4.39 Å². The van der Waals surface area contributed by atoms with Crippen LogP contribution in [0.25, 0.3) is 0 Å². The van der Waals surface area contributed by atoms with Gasteiger partial charge in [-0.05, 0) is 31.5 Å². The predicted octanol–water partition coefficient (Wildman–Crippen LogP) is 2.46. The van der Waals surface area contributed by atoms with E-state index in [0.29, 0.717) is 0 Å². The molecule has 0 aliphatic heterocycles. The van der Waals surface area contributed by atoms with Crippen molar-refractivity contribution in [1.29, 1.82) is 0 Å². The average Bonchev–Trinajstić information content (AvgIpc) is 2.70. The molecule has 1 atom stereocenters. The first-order chi connectivity index (χ1) is 9.06. The van der Waals surface area contributed by atoms with Gasteiger partial charge in [-0.15, -0.1) is 11.3 Å². The van der Waals surface area contributed by atoms with E-state index < -0.39 is 5.82 Å². The standard InChI is InChI=1S/C13H16FN3OS/c1-7-13(19-8(2)16-7)12(17-15)9-4-5-11(18-3)10(14)6-9/h4-6,12,17H,15H2,1-3H3. The molecule has 0 saturated heterocycles. The van der Waals surface area contributed by atoms with Crippen LogP contribution in [-0.4, -0.2) is 12.1 Å². The van der Waals surface area contributed by atoms with Crippen molar-refractivity contribution in [3.63, 3.8) is 0 Å². The Morgan fingerprint density at radius 1 is 1.42 bits per heavy atom. The van der Waals surface area contributed by atoms with Gasteiger partial charge in [0.05, 0.1) is 28.7 Å². The molecular weight excluding hydrogens is 265 g/mol. The van der Waals surface area contributed by atoms with Crippen molar-refractivity contribution < 1.29 is 9.13 Å². The number of hydrogen-bond donors (Lipinski definition) is 2. The second kappa shape index (κ2) is 5.64. The van der Waals surface area contributed by atoms with Crippen LogP contribution in [0.15, 0.2) is 18.2 Å². The van der Waals surface area contributed by atoms with Crippen molar-refractivity contribution in [1.82, 2.24) is 10.4 Å². The summed E-state index contributed by atoms with van der Waals surface area (Å²) in [6.07, 6.45) is 0. The van der Waals surface area contributed by atoms with Crippen LogP contribution < -0.4 is 16.0 Å². The summed E-state index contributed by atoms with van der Waals surface area (Å²) < 4.78 is 18.7. The van der Waals surface area contributed by atoms with Crippen LogP contribution in [0.2, 0.25) is 0 Å². The third kappa shape index (κ3) is 2.75. The van der Waals surface area contributed by atoms with Gasteiger partial charge in [0, 0.05) is 0 Å². The number of nitrogens with zero attached hydrogens (tertiary/aromatic N) is 1. The molecule has 0 fully saturated rings. The van der Waals surface area contributed by atoms with E-state index >= 15 is 0 Å². The fourth-order valence-electron chi connectivity index (χ4n) is 2.00. The van der Waals surface area contributed by atoms with E-state index in [1.807, 2.05) is 13.8 Å². The number of aryl methyl sites for hydroxylation is 2. The summed E-state index contributed by atoms with van der Waals surface area (Å²) in [7, 11) is 1.44. The van der Waals surface area contributed by atoms with E-state index in [1.165, 1.54) is 13.2 Å². The summed E-state index contributed by atoms with van der Waals surface area (Å²) >= 11 is 1.55. The van der Waals surface area contributed by atoms with E-state index in [4.69, 9.17) is 10.6 Å². The molecule has 3 N–H and O–H groups in total. The molecule has 4 nitrogen and oxygen atoms in total. The number of aromatic nitrogens is 1. The van der Waals surface area contributed by atoms with E-state index in [1.54, 1.807) is 23.5 Å². The maximum atomic E-state index is 13.8. The predicted molar refractivity (Wildman–Crippen MR) is 73.7 cm³/mol. The zero-order chi connectivity index (χ0) is 14.0. The first-order valence-corrected chi connectivity index (χ1v) is 6.62. The monoisotopic (exact) mass is 281 g/mol. The fourth-order valence-corrected chi connectivity index (χ4v) is 3.02. The number of rotatable bonds is 4. The number of hydrazine groups is 1. The highest BCUT2D eigenvalue weighted by Gasteiger charge is 2.19. The van der Waals surface area contributed by atoms with Crippen LogP contribution in [0.3, 0.4) is 0 Å². The van der Waals surface area contributed by atoms with E-state index in [-0.39, 0.29) is 11.8 Å². The van der Waals surface area contributed by atoms with Gasteiger partial charge in [0.2, 0.25) is 0 Å². The van der Waals surface area contributed by atoms with Gasteiger partial charge < -0.3 is 4.74 Å². The molecule has 0 amide bonds. The zero-order valence-corrected chi connectivity index (χ0v) is 11.8. The maximum Gasteiger partial charge on any atom is 0.165 e. The van der Waals surface area contributed by atoms with Crippen molar-refractivity contribution in [2.75, 3.05) is 7.11 Å². The maximum absolute atomic E-state index is 13.8. The lowest BCUT2D eigenvalue weighted by molar-refractivity contribution is 0.386. The minimum Gasteiger partial charge on any atom is -0.494 e. The number of halogens is 1. The van der Waals surface area contributed by atoms with Gasteiger partial charge in [-0.3, -0.25) is 5.84 Å². The number of thiazole rings is 1. The number of methoxy groups -OCH3 is 1. The van der Waals surface area contributed by atoms with Crippen LogP contribution in [0, 0.1) is 19.7 Å². The topological polar surface area (TPSA) is 60.2 Å². The molecule has 1 heterocycles. The third-order valence-corrected chi connectivity index (χ3v) is 4.02. The Balaban J connectivity index is 2.42. The van der Waals surface area contributed by atoms with Gasteiger partial charge in [-0.1, -0.05) is 6.07 Å². The van der Waals surface area contributed by atoms with Crippen LogP contribution in [0.5, 0.6) is 5.75 Å². The second-order valence-electron chi connectivity index (χ2n) is 4.18. The highest BCUT2D eigenvalue weighted by molar-refractivity contribution is 7.11. The smallest absolute Gasteiger partial charge is 0.165 e. The van der Waals surface area contributed by atoms with Gasteiger partial charge in [0.15, 0.2) is 11.6 Å². The highest BCUT2D eigenvalue weighted by Crippen LogP contribution is 2.31. The molecule has 6 heteroatoms.